The van der Waals surface area contributed by atoms with Crippen molar-refractivity contribution in [2.24, 2.45) is 0 Å². The van der Waals surface area contributed by atoms with E-state index in [0.717, 1.165) is 18.4 Å². The summed E-state index contributed by atoms with van der Waals surface area (Å²) in [7, 11) is 0. The van der Waals surface area contributed by atoms with Gasteiger partial charge in [0.15, 0.2) is 6.61 Å². The van der Waals surface area contributed by atoms with Gasteiger partial charge in [-0.1, -0.05) is 29.8 Å². The second-order valence-corrected chi connectivity index (χ2v) is 6.73. The average Bonchev–Trinajstić information content (AvgIpc) is 3.45. The van der Waals surface area contributed by atoms with Gasteiger partial charge in [0.25, 0.3) is 11.8 Å². The number of nitrogens with one attached hydrogen (secondary N) is 2. The molecule has 136 valence electrons. The van der Waals surface area contributed by atoms with Crippen molar-refractivity contribution in [1.29, 1.82) is 0 Å². The molecule has 2 amide bonds. The maximum Gasteiger partial charge on any atom is 0.258 e. The van der Waals surface area contributed by atoms with Gasteiger partial charge in [-0.3, -0.25) is 9.59 Å². The Bertz CT molecular complexity index is 773. The van der Waals surface area contributed by atoms with Gasteiger partial charge < -0.3 is 15.4 Å². The highest BCUT2D eigenvalue weighted by atomic mass is 35.5. The van der Waals surface area contributed by atoms with Crippen LogP contribution in [0.2, 0.25) is 5.02 Å². The van der Waals surface area contributed by atoms with Gasteiger partial charge >= 0.3 is 0 Å². The van der Waals surface area contributed by atoms with E-state index in [0.29, 0.717) is 35.3 Å². The van der Waals surface area contributed by atoms with Crippen molar-refractivity contribution in [1.82, 2.24) is 10.6 Å². The fraction of sp³-hybridized carbons (Fsp3) is 0.300. The predicted molar refractivity (Wildman–Crippen MR) is 101 cm³/mol. The molecule has 1 saturated carbocycles. The van der Waals surface area contributed by atoms with Crippen LogP contribution in [-0.4, -0.2) is 31.0 Å². The SMILES string of the molecule is O=C(COc1ccc(CCNC(=O)c2cccc(Cl)c2)cc1)NC1CC1. The number of hydrogen-bond donors (Lipinski definition) is 2. The number of carbonyl (C=O) groups is 2. The lowest BCUT2D eigenvalue weighted by Crippen LogP contribution is -2.30. The standard InChI is InChI=1S/C20H21ClN2O3/c21-16-3-1-2-15(12-16)20(25)22-11-10-14-4-8-18(9-5-14)26-13-19(24)23-17-6-7-17/h1-5,8-9,12,17H,6-7,10-11,13H2,(H,22,25)(H,23,24). The van der Waals surface area contributed by atoms with Gasteiger partial charge in [0.05, 0.1) is 0 Å². The van der Waals surface area contributed by atoms with Gasteiger partial charge in [-0.05, 0) is 55.2 Å². The first kappa shape index (κ1) is 18.3. The van der Waals surface area contributed by atoms with E-state index in [1.165, 1.54) is 0 Å². The molecule has 0 unspecified atom stereocenters. The van der Waals surface area contributed by atoms with E-state index in [2.05, 4.69) is 10.6 Å². The van der Waals surface area contributed by atoms with E-state index < -0.39 is 0 Å². The van der Waals surface area contributed by atoms with Crippen LogP contribution in [0.25, 0.3) is 0 Å². The number of hydrogen-bond acceptors (Lipinski definition) is 3. The van der Waals surface area contributed by atoms with Crippen molar-refractivity contribution in [3.8, 4) is 5.75 Å². The zero-order chi connectivity index (χ0) is 18.4. The number of rotatable bonds is 8. The summed E-state index contributed by atoms with van der Waals surface area (Å²) in [5, 5.41) is 6.29. The predicted octanol–water partition coefficient (Wildman–Crippen LogP) is 2.97. The molecule has 6 heteroatoms. The molecule has 2 aromatic rings. The highest BCUT2D eigenvalue weighted by molar-refractivity contribution is 6.30. The molecule has 2 aromatic carbocycles. The van der Waals surface area contributed by atoms with Gasteiger partial charge in [0.1, 0.15) is 5.75 Å². The Labute approximate surface area is 157 Å². The van der Waals surface area contributed by atoms with Crippen LogP contribution >= 0.6 is 11.6 Å². The molecule has 0 saturated heterocycles. The van der Waals surface area contributed by atoms with E-state index >= 15 is 0 Å². The number of ether oxygens (including phenoxy) is 1. The number of amides is 2. The molecule has 3 rings (SSSR count). The first-order valence-electron chi connectivity index (χ1n) is 8.65. The smallest absolute Gasteiger partial charge is 0.258 e. The Kier molecular flexibility index (Phi) is 6.12. The van der Waals surface area contributed by atoms with Crippen LogP contribution in [0.4, 0.5) is 0 Å². The topological polar surface area (TPSA) is 67.4 Å². The van der Waals surface area contributed by atoms with E-state index in [9.17, 15) is 9.59 Å². The van der Waals surface area contributed by atoms with Crippen molar-refractivity contribution < 1.29 is 14.3 Å². The van der Waals surface area contributed by atoms with Crippen LogP contribution < -0.4 is 15.4 Å². The lowest BCUT2D eigenvalue weighted by molar-refractivity contribution is -0.123. The maximum absolute atomic E-state index is 12.0. The molecule has 26 heavy (non-hydrogen) atoms. The summed E-state index contributed by atoms with van der Waals surface area (Å²) in [6.07, 6.45) is 2.83. The van der Waals surface area contributed by atoms with Gasteiger partial charge in [0.2, 0.25) is 0 Å². The maximum atomic E-state index is 12.0. The zero-order valence-corrected chi connectivity index (χ0v) is 15.1. The van der Waals surface area contributed by atoms with Crippen LogP contribution in [0.15, 0.2) is 48.5 Å². The third-order valence-electron chi connectivity index (χ3n) is 4.02. The fourth-order valence-electron chi connectivity index (χ4n) is 2.45. The summed E-state index contributed by atoms with van der Waals surface area (Å²) in [5.74, 6) is 0.428. The second-order valence-electron chi connectivity index (χ2n) is 6.29. The minimum atomic E-state index is -0.144. The molecule has 1 aliphatic carbocycles. The molecule has 1 fully saturated rings. The summed E-state index contributed by atoms with van der Waals surface area (Å²) >= 11 is 5.89. The minimum absolute atomic E-state index is 0.0333. The molecule has 1 aliphatic rings. The van der Waals surface area contributed by atoms with Crippen molar-refractivity contribution >= 4 is 23.4 Å². The molecule has 0 radical (unpaired) electrons. The van der Waals surface area contributed by atoms with Crippen LogP contribution in [0, 0.1) is 0 Å². The minimum Gasteiger partial charge on any atom is -0.484 e. The first-order chi connectivity index (χ1) is 12.6. The quantitative estimate of drug-likeness (QED) is 0.748. The lowest BCUT2D eigenvalue weighted by atomic mass is 10.1. The Balaban J connectivity index is 1.39. The van der Waals surface area contributed by atoms with Crippen LogP contribution in [0.1, 0.15) is 28.8 Å². The largest absolute Gasteiger partial charge is 0.484 e. The van der Waals surface area contributed by atoms with Crippen molar-refractivity contribution in [2.45, 2.75) is 25.3 Å². The highest BCUT2D eigenvalue weighted by Crippen LogP contribution is 2.18. The molecule has 0 heterocycles. The summed E-state index contributed by atoms with van der Waals surface area (Å²) in [5.41, 5.74) is 1.62. The molecule has 2 N–H and O–H groups in total. The van der Waals surface area contributed by atoms with Crippen LogP contribution in [0.3, 0.4) is 0 Å². The summed E-state index contributed by atoms with van der Waals surface area (Å²) < 4.78 is 5.47. The molecular weight excluding hydrogens is 352 g/mol. The van der Waals surface area contributed by atoms with Gasteiger partial charge in [0, 0.05) is 23.2 Å². The van der Waals surface area contributed by atoms with Crippen molar-refractivity contribution in [3.63, 3.8) is 0 Å². The molecule has 0 atom stereocenters. The number of benzene rings is 2. The van der Waals surface area contributed by atoms with Crippen LogP contribution in [-0.2, 0) is 11.2 Å². The number of halogens is 1. The third kappa shape index (κ3) is 5.77. The molecule has 5 nitrogen and oxygen atoms in total. The highest BCUT2D eigenvalue weighted by Gasteiger charge is 2.23. The third-order valence-corrected chi connectivity index (χ3v) is 4.26. The number of carbonyl (C=O) groups excluding carboxylic acids is 2. The van der Waals surface area contributed by atoms with Gasteiger partial charge in [-0.2, -0.15) is 0 Å². The Morgan fingerprint density at radius 3 is 2.58 bits per heavy atom. The molecular formula is C20H21ClN2O3. The van der Waals surface area contributed by atoms with Gasteiger partial charge in [-0.25, -0.2) is 0 Å². The molecule has 0 bridgehead atoms. The van der Waals surface area contributed by atoms with E-state index in [1.54, 1.807) is 24.3 Å². The van der Waals surface area contributed by atoms with E-state index in [4.69, 9.17) is 16.3 Å². The first-order valence-corrected chi connectivity index (χ1v) is 9.03. The molecule has 0 aromatic heterocycles. The van der Waals surface area contributed by atoms with Crippen molar-refractivity contribution in [2.75, 3.05) is 13.2 Å². The second kappa shape index (κ2) is 8.72. The Hall–Kier alpha value is -2.53. The summed E-state index contributed by atoms with van der Waals surface area (Å²) in [6.45, 7) is 0.556. The van der Waals surface area contributed by atoms with E-state index in [1.807, 2.05) is 24.3 Å². The molecule has 0 spiro atoms. The summed E-state index contributed by atoms with van der Waals surface area (Å²) in [4.78, 5) is 23.6. The average molecular weight is 373 g/mol. The monoisotopic (exact) mass is 372 g/mol. The molecule has 0 aliphatic heterocycles. The van der Waals surface area contributed by atoms with E-state index in [-0.39, 0.29) is 18.4 Å². The lowest BCUT2D eigenvalue weighted by Gasteiger charge is -2.08. The normalized spacial score (nSPS) is 13.1. The van der Waals surface area contributed by atoms with Gasteiger partial charge in [-0.15, -0.1) is 0 Å². The Morgan fingerprint density at radius 1 is 1.12 bits per heavy atom. The van der Waals surface area contributed by atoms with Crippen molar-refractivity contribution in [3.05, 3.63) is 64.7 Å². The van der Waals surface area contributed by atoms with Crippen LogP contribution in [0.5, 0.6) is 5.75 Å². The fourth-order valence-corrected chi connectivity index (χ4v) is 2.64. The zero-order valence-electron chi connectivity index (χ0n) is 14.3. The summed E-state index contributed by atoms with van der Waals surface area (Å²) in [6, 6.07) is 14.7. The Morgan fingerprint density at radius 2 is 1.88 bits per heavy atom.